The van der Waals surface area contributed by atoms with Crippen LogP contribution in [-0.2, 0) is 4.79 Å². The molecule has 1 amide bonds. The van der Waals surface area contributed by atoms with Crippen LogP contribution in [0.4, 0.5) is 0 Å². The van der Waals surface area contributed by atoms with Gasteiger partial charge < -0.3 is 10.2 Å². The number of carbonyl (C=O) groups excluding carboxylic acids is 1. The van der Waals surface area contributed by atoms with Crippen LogP contribution in [-0.4, -0.2) is 62.0 Å². The number of hydrogen-bond acceptors (Lipinski definition) is 4. The predicted molar refractivity (Wildman–Crippen MR) is 78.1 cm³/mol. The maximum atomic E-state index is 12.4. The molecule has 1 aliphatic carbocycles. The molecule has 0 aromatic heterocycles. The molecule has 1 unspecified atom stereocenters. The van der Waals surface area contributed by atoms with Crippen molar-refractivity contribution >= 4 is 5.91 Å². The van der Waals surface area contributed by atoms with Gasteiger partial charge in [-0.15, -0.1) is 0 Å². The second-order valence-electron chi connectivity index (χ2n) is 6.36. The first kappa shape index (κ1) is 15.3. The molecule has 5 nitrogen and oxygen atoms in total. The lowest BCUT2D eigenvalue weighted by Crippen LogP contribution is -2.55. The summed E-state index contributed by atoms with van der Waals surface area (Å²) in [7, 11) is 4.21. The molecule has 1 saturated heterocycles. The van der Waals surface area contributed by atoms with Gasteiger partial charge in [0.05, 0.1) is 6.07 Å². The third-order valence-corrected chi connectivity index (χ3v) is 4.83. The van der Waals surface area contributed by atoms with Crippen LogP contribution < -0.4 is 5.32 Å². The largest absolute Gasteiger partial charge is 0.353 e. The van der Waals surface area contributed by atoms with Crippen molar-refractivity contribution in [2.75, 3.05) is 40.3 Å². The van der Waals surface area contributed by atoms with Gasteiger partial charge in [0.25, 0.3) is 0 Å². The molecule has 0 spiro atoms. The number of likely N-dealkylation sites (N-methyl/N-ethyl adjacent to an activating group) is 2. The number of nitriles is 1. The van der Waals surface area contributed by atoms with Gasteiger partial charge >= 0.3 is 0 Å². The zero-order chi connectivity index (χ0) is 14.6. The first-order valence-electron chi connectivity index (χ1n) is 7.66. The van der Waals surface area contributed by atoms with Crippen molar-refractivity contribution in [2.24, 2.45) is 5.41 Å². The second kappa shape index (κ2) is 6.55. The highest BCUT2D eigenvalue weighted by molar-refractivity contribution is 5.85. The highest BCUT2D eigenvalue weighted by Gasteiger charge is 2.40. The van der Waals surface area contributed by atoms with Crippen LogP contribution in [0.3, 0.4) is 0 Å². The molecule has 0 radical (unpaired) electrons. The smallest absolute Gasteiger partial charge is 0.240 e. The molecule has 0 aromatic carbocycles. The van der Waals surface area contributed by atoms with Gasteiger partial charge in [0.15, 0.2) is 0 Å². The maximum absolute atomic E-state index is 12.4. The van der Waals surface area contributed by atoms with E-state index >= 15 is 0 Å². The monoisotopic (exact) mass is 278 g/mol. The third-order valence-electron chi connectivity index (χ3n) is 4.83. The number of nitrogens with one attached hydrogen (secondary N) is 1. The van der Waals surface area contributed by atoms with E-state index in [4.69, 9.17) is 0 Å². The molecule has 1 atom stereocenters. The summed E-state index contributed by atoms with van der Waals surface area (Å²) in [5, 5.41) is 12.4. The fourth-order valence-electron chi connectivity index (χ4n) is 3.25. The fraction of sp³-hybridized carbons (Fsp3) is 0.867. The maximum Gasteiger partial charge on any atom is 0.240 e. The third kappa shape index (κ3) is 3.31. The lowest BCUT2D eigenvalue weighted by atomic mass is 9.74. The second-order valence-corrected chi connectivity index (χ2v) is 6.36. The summed E-state index contributed by atoms with van der Waals surface area (Å²) in [6.07, 6.45) is 4.57. The lowest BCUT2D eigenvalue weighted by Gasteiger charge is -2.38. The average molecular weight is 278 g/mol. The summed E-state index contributed by atoms with van der Waals surface area (Å²) in [5.41, 5.74) is -0.766. The van der Waals surface area contributed by atoms with E-state index in [1.807, 2.05) is 0 Å². The molecule has 20 heavy (non-hydrogen) atoms. The van der Waals surface area contributed by atoms with Crippen molar-refractivity contribution in [1.82, 2.24) is 15.1 Å². The van der Waals surface area contributed by atoms with E-state index in [0.29, 0.717) is 12.6 Å². The molecule has 0 aromatic rings. The predicted octanol–water partition coefficient (Wildman–Crippen LogP) is 0.822. The van der Waals surface area contributed by atoms with E-state index in [2.05, 4.69) is 35.3 Å². The number of piperazine rings is 1. The van der Waals surface area contributed by atoms with Crippen LogP contribution in [0.25, 0.3) is 0 Å². The minimum atomic E-state index is -0.766. The number of nitrogens with zero attached hydrogens (tertiary/aromatic N) is 3. The topological polar surface area (TPSA) is 59.4 Å². The number of amides is 1. The summed E-state index contributed by atoms with van der Waals surface area (Å²) in [5.74, 6) is -0.0543. The standard InChI is InChI=1S/C15H26N4O/c1-18-8-9-19(2)13(11-18)10-17-14(20)15(12-16)6-4-3-5-7-15/h13H,3-11H2,1-2H3,(H,17,20). The van der Waals surface area contributed by atoms with Crippen LogP contribution in [0.15, 0.2) is 0 Å². The van der Waals surface area contributed by atoms with Crippen molar-refractivity contribution in [1.29, 1.82) is 5.26 Å². The van der Waals surface area contributed by atoms with E-state index in [1.54, 1.807) is 0 Å². The van der Waals surface area contributed by atoms with Crippen LogP contribution >= 0.6 is 0 Å². The zero-order valence-corrected chi connectivity index (χ0v) is 12.7. The van der Waals surface area contributed by atoms with E-state index in [0.717, 1.165) is 51.7 Å². The Morgan fingerprint density at radius 2 is 2.00 bits per heavy atom. The molecule has 112 valence electrons. The summed E-state index contributed by atoms with van der Waals surface area (Å²) < 4.78 is 0. The van der Waals surface area contributed by atoms with E-state index in [-0.39, 0.29) is 5.91 Å². The summed E-state index contributed by atoms with van der Waals surface area (Å²) in [6.45, 7) is 3.71. The Bertz CT molecular complexity index is 384. The SMILES string of the molecule is CN1CCN(C)C(CNC(=O)C2(C#N)CCCCC2)C1. The van der Waals surface area contributed by atoms with Gasteiger partial charge in [0.1, 0.15) is 5.41 Å². The van der Waals surface area contributed by atoms with Gasteiger partial charge in [0, 0.05) is 32.2 Å². The molecule has 1 saturated carbocycles. The van der Waals surface area contributed by atoms with Crippen LogP contribution in [0.1, 0.15) is 32.1 Å². The van der Waals surface area contributed by atoms with E-state index < -0.39 is 5.41 Å². The van der Waals surface area contributed by atoms with Crippen molar-refractivity contribution in [2.45, 2.75) is 38.1 Å². The average Bonchev–Trinajstić information content (AvgIpc) is 2.48. The minimum absolute atomic E-state index is 0.0543. The van der Waals surface area contributed by atoms with Gasteiger partial charge in [-0.05, 0) is 26.9 Å². The van der Waals surface area contributed by atoms with Crippen molar-refractivity contribution < 1.29 is 4.79 Å². The molecular weight excluding hydrogens is 252 g/mol. The number of carbonyl (C=O) groups is 1. The Kier molecular flexibility index (Phi) is 5.00. The minimum Gasteiger partial charge on any atom is -0.353 e. The fourth-order valence-corrected chi connectivity index (χ4v) is 3.25. The normalized spacial score (nSPS) is 27.8. The van der Waals surface area contributed by atoms with Gasteiger partial charge in [0.2, 0.25) is 5.91 Å². The molecule has 2 rings (SSSR count). The Morgan fingerprint density at radius 3 is 2.65 bits per heavy atom. The summed E-state index contributed by atoms with van der Waals surface area (Å²) in [4.78, 5) is 17.0. The lowest BCUT2D eigenvalue weighted by molar-refractivity contribution is -0.129. The molecule has 0 bridgehead atoms. The number of rotatable bonds is 3. The molecule has 1 heterocycles. The molecule has 2 fully saturated rings. The number of hydrogen-bond donors (Lipinski definition) is 1. The molecule has 1 aliphatic heterocycles. The van der Waals surface area contributed by atoms with Crippen LogP contribution in [0.2, 0.25) is 0 Å². The Balaban J connectivity index is 1.89. The summed E-state index contributed by atoms with van der Waals surface area (Å²) in [6, 6.07) is 2.63. The first-order valence-corrected chi connectivity index (χ1v) is 7.66. The van der Waals surface area contributed by atoms with Gasteiger partial charge in [-0.3, -0.25) is 9.69 Å². The Morgan fingerprint density at radius 1 is 1.30 bits per heavy atom. The van der Waals surface area contributed by atoms with Crippen LogP contribution in [0.5, 0.6) is 0 Å². The van der Waals surface area contributed by atoms with Crippen molar-refractivity contribution in [3.63, 3.8) is 0 Å². The molecule has 5 heteroatoms. The van der Waals surface area contributed by atoms with Crippen molar-refractivity contribution in [3.05, 3.63) is 0 Å². The Hall–Kier alpha value is -1.12. The zero-order valence-electron chi connectivity index (χ0n) is 12.7. The quantitative estimate of drug-likeness (QED) is 0.830. The molecule has 2 aliphatic rings. The van der Waals surface area contributed by atoms with E-state index in [9.17, 15) is 10.1 Å². The van der Waals surface area contributed by atoms with Gasteiger partial charge in [-0.2, -0.15) is 5.26 Å². The van der Waals surface area contributed by atoms with E-state index in [1.165, 1.54) is 0 Å². The van der Waals surface area contributed by atoms with Crippen LogP contribution in [0, 0.1) is 16.7 Å². The molecular formula is C15H26N4O. The first-order chi connectivity index (χ1) is 9.57. The van der Waals surface area contributed by atoms with Gasteiger partial charge in [-0.25, -0.2) is 0 Å². The van der Waals surface area contributed by atoms with Crippen molar-refractivity contribution in [3.8, 4) is 6.07 Å². The highest BCUT2D eigenvalue weighted by Crippen LogP contribution is 2.35. The highest BCUT2D eigenvalue weighted by atomic mass is 16.2. The Labute approximate surface area is 121 Å². The van der Waals surface area contributed by atoms with Gasteiger partial charge in [-0.1, -0.05) is 19.3 Å². The molecule has 1 N–H and O–H groups in total. The summed E-state index contributed by atoms with van der Waals surface area (Å²) >= 11 is 0.